The van der Waals surface area contributed by atoms with E-state index < -0.39 is 23.1 Å². The van der Waals surface area contributed by atoms with Crippen LogP contribution < -0.4 is 21.3 Å². The van der Waals surface area contributed by atoms with E-state index >= 15 is 0 Å². The molecule has 0 fully saturated rings. The van der Waals surface area contributed by atoms with Gasteiger partial charge in [0.25, 0.3) is 11.5 Å². The van der Waals surface area contributed by atoms with Crippen molar-refractivity contribution in [2.75, 3.05) is 5.32 Å². The number of nitrogens with one attached hydrogen (secondary N) is 1. The van der Waals surface area contributed by atoms with Crippen LogP contribution in [0.5, 0.6) is 5.75 Å². The summed E-state index contributed by atoms with van der Waals surface area (Å²) < 4.78 is 8.81. The molecule has 202 valence electrons. The minimum atomic E-state index is -0.657. The van der Waals surface area contributed by atoms with Gasteiger partial charge in [0.1, 0.15) is 0 Å². The van der Waals surface area contributed by atoms with E-state index in [1.165, 1.54) is 34.9 Å². The molecule has 0 spiro atoms. The Labute approximate surface area is 247 Å². The Morgan fingerprint density at radius 1 is 1.03 bits per heavy atom. The lowest BCUT2D eigenvalue weighted by molar-refractivity contribution is -0.134. The number of aromatic nitrogens is 2. The topological polar surface area (TPSA) is 99.4 Å². The molecule has 0 aliphatic rings. The van der Waals surface area contributed by atoms with Crippen molar-refractivity contribution in [2.45, 2.75) is 26.7 Å². The van der Waals surface area contributed by atoms with Gasteiger partial charge in [-0.2, -0.15) is 0 Å². The third-order valence-corrected chi connectivity index (χ3v) is 7.35. The van der Waals surface area contributed by atoms with Gasteiger partial charge in [0.05, 0.1) is 37.9 Å². The molecule has 0 unspecified atom stereocenters. The predicted octanol–water partition coefficient (Wildman–Crippen LogP) is 6.19. The van der Waals surface area contributed by atoms with Crippen molar-refractivity contribution in [3.63, 3.8) is 0 Å². The molecular formula is C28H24Cl2IN3O5. The summed E-state index contributed by atoms with van der Waals surface area (Å²) in [6.07, 6.45) is 0.659. The summed E-state index contributed by atoms with van der Waals surface area (Å²) in [6.45, 7) is 3.94. The summed E-state index contributed by atoms with van der Waals surface area (Å²) in [5.74, 6) is -1.14. The molecule has 1 heterocycles. The summed E-state index contributed by atoms with van der Waals surface area (Å²) in [7, 11) is 1.55. The Hall–Kier alpha value is -3.15. The molecule has 1 amide bonds. The van der Waals surface area contributed by atoms with Crippen LogP contribution in [0.25, 0.3) is 16.6 Å². The summed E-state index contributed by atoms with van der Waals surface area (Å²) in [4.78, 5) is 53.1. The van der Waals surface area contributed by atoms with Crippen LogP contribution in [0.1, 0.15) is 37.0 Å². The van der Waals surface area contributed by atoms with Crippen LogP contribution >= 0.6 is 45.8 Å². The molecule has 4 aromatic rings. The van der Waals surface area contributed by atoms with Gasteiger partial charge in [-0.1, -0.05) is 49.2 Å². The first-order valence-corrected chi connectivity index (χ1v) is 13.8. The molecule has 0 saturated heterocycles. The van der Waals surface area contributed by atoms with E-state index in [4.69, 9.17) is 27.9 Å². The van der Waals surface area contributed by atoms with E-state index in [0.29, 0.717) is 17.3 Å². The van der Waals surface area contributed by atoms with Gasteiger partial charge >= 0.3 is 11.7 Å². The average molecular weight is 680 g/mol. The fraction of sp³-hybridized carbons (Fsp3) is 0.214. The van der Waals surface area contributed by atoms with Crippen molar-refractivity contribution in [1.29, 1.82) is 0 Å². The second kappa shape index (κ2) is 11.9. The van der Waals surface area contributed by atoms with Gasteiger partial charge in [-0.25, -0.2) is 9.36 Å². The van der Waals surface area contributed by atoms with Gasteiger partial charge in [-0.3, -0.25) is 19.0 Å². The molecule has 3 aromatic carbocycles. The molecule has 8 nitrogen and oxygen atoms in total. The number of esters is 1. The molecule has 4 rings (SSSR count). The molecule has 0 radical (unpaired) electrons. The fourth-order valence-corrected chi connectivity index (χ4v) is 5.08. The number of halogens is 3. The van der Waals surface area contributed by atoms with E-state index in [1.54, 1.807) is 31.3 Å². The number of anilines is 1. The number of ether oxygens (including phenoxy) is 1. The molecule has 1 N–H and O–H groups in total. The predicted molar refractivity (Wildman–Crippen MR) is 162 cm³/mol. The highest BCUT2D eigenvalue weighted by molar-refractivity contribution is 14.1. The zero-order valence-corrected chi connectivity index (χ0v) is 24.9. The summed E-state index contributed by atoms with van der Waals surface area (Å²) in [6, 6.07) is 14.3. The number of hydrogen-bond donors (Lipinski definition) is 1. The lowest BCUT2D eigenvalue weighted by atomic mass is 10.1. The highest BCUT2D eigenvalue weighted by Crippen LogP contribution is 2.34. The van der Waals surface area contributed by atoms with Crippen molar-refractivity contribution < 1.29 is 14.3 Å². The van der Waals surface area contributed by atoms with Crippen LogP contribution in [0.3, 0.4) is 0 Å². The van der Waals surface area contributed by atoms with Crippen molar-refractivity contribution in [2.24, 2.45) is 13.0 Å². The van der Waals surface area contributed by atoms with Crippen LogP contribution in [-0.4, -0.2) is 21.0 Å². The number of rotatable bonds is 7. The number of para-hydroxylation sites is 1. The second-order valence-corrected chi connectivity index (χ2v) is 11.3. The number of aryl methyl sites for hydroxylation is 1. The quantitative estimate of drug-likeness (QED) is 0.143. The van der Waals surface area contributed by atoms with Crippen LogP contribution in [0, 0.1) is 9.49 Å². The maximum absolute atomic E-state index is 13.6. The number of fused-ring (bicyclic) bond motifs is 1. The minimum absolute atomic E-state index is 0.00214. The first kappa shape index (κ1) is 28.8. The molecule has 0 atom stereocenters. The van der Waals surface area contributed by atoms with Gasteiger partial charge < -0.3 is 10.1 Å². The summed E-state index contributed by atoms with van der Waals surface area (Å²) in [5, 5.41) is 3.23. The molecule has 1 aromatic heterocycles. The van der Waals surface area contributed by atoms with E-state index in [2.05, 4.69) is 27.9 Å². The van der Waals surface area contributed by atoms with Gasteiger partial charge in [0.2, 0.25) is 0 Å². The van der Waals surface area contributed by atoms with Gasteiger partial charge in [-0.05, 0) is 77.4 Å². The summed E-state index contributed by atoms with van der Waals surface area (Å²) >= 11 is 14.5. The first-order valence-electron chi connectivity index (χ1n) is 12.0. The van der Waals surface area contributed by atoms with Crippen LogP contribution in [0.15, 0.2) is 64.2 Å². The summed E-state index contributed by atoms with van der Waals surface area (Å²) in [5.41, 5.74) is -0.702. The van der Waals surface area contributed by atoms with Crippen LogP contribution in [0.4, 0.5) is 5.69 Å². The molecule has 39 heavy (non-hydrogen) atoms. The third-order valence-electron chi connectivity index (χ3n) is 6.05. The zero-order valence-electron chi connectivity index (χ0n) is 21.3. The van der Waals surface area contributed by atoms with Crippen LogP contribution in [0.2, 0.25) is 10.0 Å². The fourth-order valence-electron chi connectivity index (χ4n) is 4.02. The maximum atomic E-state index is 13.6. The lowest BCUT2D eigenvalue weighted by Gasteiger charge is -2.18. The molecule has 0 bridgehead atoms. The Balaban J connectivity index is 1.92. The normalized spacial score (nSPS) is 11.2. The molecule has 11 heteroatoms. The van der Waals surface area contributed by atoms with Crippen molar-refractivity contribution in [3.8, 4) is 11.4 Å². The average Bonchev–Trinajstić information content (AvgIpc) is 2.87. The highest BCUT2D eigenvalue weighted by Gasteiger charge is 2.23. The molecule has 0 saturated carbocycles. The SMILES string of the molecule is CC(C)CCC(=O)Oc1c(NC(=O)c2c(Cl)cccc2Cl)cccc1-n1c(=O)c2cc(I)ccc2n(C)c1=O. The van der Waals surface area contributed by atoms with Crippen molar-refractivity contribution >= 4 is 74.3 Å². The number of benzene rings is 3. The first-order chi connectivity index (χ1) is 18.5. The number of carbonyl (C=O) groups excluding carboxylic acids is 2. The van der Waals surface area contributed by atoms with Crippen LogP contribution in [-0.2, 0) is 11.8 Å². The van der Waals surface area contributed by atoms with Gasteiger partial charge in [-0.15, -0.1) is 0 Å². The maximum Gasteiger partial charge on any atom is 0.335 e. The van der Waals surface area contributed by atoms with E-state index in [9.17, 15) is 19.2 Å². The number of nitrogens with zero attached hydrogens (tertiary/aromatic N) is 2. The monoisotopic (exact) mass is 679 g/mol. The number of amides is 1. The van der Waals surface area contributed by atoms with E-state index in [-0.39, 0.29) is 45.1 Å². The number of carbonyl (C=O) groups is 2. The van der Waals surface area contributed by atoms with Gasteiger partial charge in [0, 0.05) is 17.0 Å². The third kappa shape index (κ3) is 6.05. The lowest BCUT2D eigenvalue weighted by Crippen LogP contribution is -2.38. The molecule has 0 aliphatic heterocycles. The van der Waals surface area contributed by atoms with Crippen molar-refractivity contribution in [1.82, 2.24) is 9.13 Å². The molecule has 0 aliphatic carbocycles. The van der Waals surface area contributed by atoms with E-state index in [0.717, 1.165) is 8.14 Å². The highest BCUT2D eigenvalue weighted by atomic mass is 127. The number of hydrogen-bond acceptors (Lipinski definition) is 5. The van der Waals surface area contributed by atoms with Gasteiger partial charge in [0.15, 0.2) is 5.75 Å². The Bertz CT molecular complexity index is 1710. The smallest absolute Gasteiger partial charge is 0.335 e. The molecular weight excluding hydrogens is 656 g/mol. The van der Waals surface area contributed by atoms with Crippen molar-refractivity contribution in [3.05, 3.63) is 94.6 Å². The standard InChI is InChI=1S/C28H24Cl2IN3O5/c1-15(2)10-13-23(35)39-25-20(32-26(36)24-18(29)6-4-7-19(24)30)8-5-9-22(25)34-27(37)17-14-16(31)11-12-21(17)33(3)28(34)38/h4-9,11-12,14-15H,10,13H2,1-3H3,(H,32,36). The zero-order chi connectivity index (χ0) is 28.4. The Kier molecular flexibility index (Phi) is 8.83. The van der Waals surface area contributed by atoms with E-state index in [1.807, 2.05) is 13.8 Å². The minimum Gasteiger partial charge on any atom is -0.422 e. The largest absolute Gasteiger partial charge is 0.422 e. The Morgan fingerprint density at radius 3 is 2.36 bits per heavy atom. The Morgan fingerprint density at radius 2 is 1.69 bits per heavy atom. The second-order valence-electron chi connectivity index (χ2n) is 9.25.